The monoisotopic (exact) mass is 297 g/mol. The van der Waals surface area contributed by atoms with Crippen LogP contribution in [-0.2, 0) is 20.1 Å². The summed E-state index contributed by atoms with van der Waals surface area (Å²) in [6.07, 6.45) is 4.14. The summed E-state index contributed by atoms with van der Waals surface area (Å²) >= 11 is 0. The molecule has 0 unspecified atom stereocenters. The molecule has 2 heterocycles. The molecule has 6 heteroatoms. The van der Waals surface area contributed by atoms with Crippen LogP contribution in [0.25, 0.3) is 0 Å². The molecule has 0 aromatic carbocycles. The number of hydrogen-bond acceptors (Lipinski definition) is 3. The minimum atomic E-state index is 0. The number of hydrogen-bond donors (Lipinski definition) is 1. The molecule has 0 aliphatic carbocycles. The number of aromatic nitrogens is 4. The van der Waals surface area contributed by atoms with E-state index in [1.54, 1.807) is 0 Å². The van der Waals surface area contributed by atoms with Crippen molar-refractivity contribution < 1.29 is 0 Å². The Morgan fingerprint density at radius 1 is 1.15 bits per heavy atom. The molecule has 0 aliphatic heterocycles. The molecule has 1 N–H and O–H groups in total. The Balaban J connectivity index is 0.00000200. The van der Waals surface area contributed by atoms with E-state index in [-0.39, 0.29) is 12.4 Å². The van der Waals surface area contributed by atoms with Gasteiger partial charge in [-0.25, -0.2) is 0 Å². The summed E-state index contributed by atoms with van der Waals surface area (Å²) in [5.74, 6) is 0.604. The molecule has 2 aromatic rings. The van der Waals surface area contributed by atoms with Crippen molar-refractivity contribution >= 4 is 18.1 Å². The lowest BCUT2D eigenvalue weighted by Crippen LogP contribution is -2.04. The van der Waals surface area contributed by atoms with Crippen LogP contribution in [0.3, 0.4) is 0 Å². The van der Waals surface area contributed by atoms with Gasteiger partial charge < -0.3 is 5.32 Å². The van der Waals surface area contributed by atoms with Gasteiger partial charge in [0.25, 0.3) is 0 Å². The fourth-order valence-corrected chi connectivity index (χ4v) is 2.17. The lowest BCUT2D eigenvalue weighted by molar-refractivity contribution is 0.481. The van der Waals surface area contributed by atoms with Crippen LogP contribution in [0.1, 0.15) is 30.8 Å². The normalized spacial score (nSPS) is 10.7. The molecule has 0 spiro atoms. The molecule has 0 fully saturated rings. The third-order valence-electron chi connectivity index (χ3n) is 3.08. The molecule has 0 aliphatic rings. The lowest BCUT2D eigenvalue weighted by Gasteiger charge is -2.04. The molecule has 0 radical (unpaired) electrons. The number of anilines is 1. The van der Waals surface area contributed by atoms with Gasteiger partial charge >= 0.3 is 0 Å². The molecule has 20 heavy (non-hydrogen) atoms. The SMILES string of the molecule is Cc1nn(C)cc1CNc1cn(CC(C)C)nc1C.Cl. The van der Waals surface area contributed by atoms with Crippen molar-refractivity contribution in [2.75, 3.05) is 5.32 Å². The van der Waals surface area contributed by atoms with Crippen LogP contribution in [0.5, 0.6) is 0 Å². The Morgan fingerprint density at radius 3 is 2.40 bits per heavy atom. The molecular weight excluding hydrogens is 274 g/mol. The first-order chi connectivity index (χ1) is 8.95. The average molecular weight is 298 g/mol. The molecule has 5 nitrogen and oxygen atoms in total. The van der Waals surface area contributed by atoms with E-state index in [0.29, 0.717) is 5.92 Å². The van der Waals surface area contributed by atoms with Gasteiger partial charge in [-0.2, -0.15) is 10.2 Å². The maximum atomic E-state index is 4.52. The Labute approximate surface area is 126 Å². The van der Waals surface area contributed by atoms with Crippen molar-refractivity contribution in [3.8, 4) is 0 Å². The number of nitrogens with one attached hydrogen (secondary N) is 1. The van der Waals surface area contributed by atoms with Crippen molar-refractivity contribution in [1.82, 2.24) is 19.6 Å². The van der Waals surface area contributed by atoms with E-state index in [1.165, 1.54) is 5.56 Å². The van der Waals surface area contributed by atoms with Gasteiger partial charge in [-0.1, -0.05) is 13.8 Å². The molecule has 0 saturated heterocycles. The van der Waals surface area contributed by atoms with E-state index in [0.717, 1.165) is 30.2 Å². The highest BCUT2D eigenvalue weighted by molar-refractivity contribution is 5.85. The molecule has 0 bridgehead atoms. The molecular formula is C14H24ClN5. The topological polar surface area (TPSA) is 47.7 Å². The third kappa shape index (κ3) is 4.00. The first kappa shape index (κ1) is 16.6. The summed E-state index contributed by atoms with van der Waals surface area (Å²) in [5.41, 5.74) is 4.44. The van der Waals surface area contributed by atoms with Gasteiger partial charge in [0.1, 0.15) is 0 Å². The molecule has 0 saturated carbocycles. The third-order valence-corrected chi connectivity index (χ3v) is 3.08. The van der Waals surface area contributed by atoms with Gasteiger partial charge in [-0.3, -0.25) is 9.36 Å². The molecule has 0 amide bonds. The minimum Gasteiger partial charge on any atom is -0.378 e. The van der Waals surface area contributed by atoms with Crippen LogP contribution < -0.4 is 5.32 Å². The van der Waals surface area contributed by atoms with Crippen LogP contribution in [0.2, 0.25) is 0 Å². The predicted octanol–water partition coefficient (Wildman–Crippen LogP) is 2.92. The highest BCUT2D eigenvalue weighted by Gasteiger charge is 2.07. The standard InChI is InChI=1S/C14H23N5.ClH/c1-10(2)7-19-9-14(12(4)17-19)15-6-13-8-18(5)16-11(13)3;/h8-10,15H,6-7H2,1-5H3;1H. The second kappa shape index (κ2) is 6.79. The largest absolute Gasteiger partial charge is 0.378 e. The summed E-state index contributed by atoms with van der Waals surface area (Å²) in [6.45, 7) is 10.2. The van der Waals surface area contributed by atoms with Gasteiger partial charge in [0, 0.05) is 38.1 Å². The Hall–Kier alpha value is -1.49. The summed E-state index contributed by atoms with van der Waals surface area (Å²) in [4.78, 5) is 0. The minimum absolute atomic E-state index is 0. The fraction of sp³-hybridized carbons (Fsp3) is 0.571. The number of rotatable bonds is 5. The second-order valence-corrected chi connectivity index (χ2v) is 5.51. The first-order valence-corrected chi connectivity index (χ1v) is 6.72. The maximum Gasteiger partial charge on any atom is 0.0825 e. The summed E-state index contributed by atoms with van der Waals surface area (Å²) in [7, 11) is 1.95. The van der Waals surface area contributed by atoms with Crippen LogP contribution in [0.15, 0.2) is 12.4 Å². The highest BCUT2D eigenvalue weighted by Crippen LogP contribution is 2.15. The Bertz CT molecular complexity index is 556. The Morgan fingerprint density at radius 2 is 1.85 bits per heavy atom. The fourth-order valence-electron chi connectivity index (χ4n) is 2.17. The highest BCUT2D eigenvalue weighted by atomic mass is 35.5. The van der Waals surface area contributed by atoms with E-state index < -0.39 is 0 Å². The predicted molar refractivity (Wildman–Crippen MR) is 84.3 cm³/mol. The van der Waals surface area contributed by atoms with Crippen LogP contribution >= 0.6 is 12.4 Å². The van der Waals surface area contributed by atoms with Crippen molar-refractivity contribution in [3.05, 3.63) is 29.3 Å². The Kier molecular flexibility index (Phi) is 5.62. The molecule has 0 atom stereocenters. The van der Waals surface area contributed by atoms with Gasteiger partial charge in [-0.15, -0.1) is 12.4 Å². The molecule has 2 rings (SSSR count). The van der Waals surface area contributed by atoms with Crippen LogP contribution in [0.4, 0.5) is 5.69 Å². The summed E-state index contributed by atoms with van der Waals surface area (Å²) < 4.78 is 3.86. The lowest BCUT2D eigenvalue weighted by atomic mass is 10.2. The zero-order valence-electron chi connectivity index (χ0n) is 12.8. The van der Waals surface area contributed by atoms with Gasteiger partial charge in [0.05, 0.1) is 17.1 Å². The average Bonchev–Trinajstić information content (AvgIpc) is 2.78. The molecule has 112 valence electrons. The van der Waals surface area contributed by atoms with E-state index in [9.17, 15) is 0 Å². The van der Waals surface area contributed by atoms with Crippen LogP contribution in [-0.4, -0.2) is 19.6 Å². The van der Waals surface area contributed by atoms with Gasteiger partial charge in [0.15, 0.2) is 0 Å². The maximum absolute atomic E-state index is 4.52. The van der Waals surface area contributed by atoms with Gasteiger partial charge in [-0.05, 0) is 19.8 Å². The number of aryl methyl sites for hydroxylation is 3. The number of nitrogens with zero attached hydrogens (tertiary/aromatic N) is 4. The number of halogens is 1. The van der Waals surface area contributed by atoms with E-state index >= 15 is 0 Å². The second-order valence-electron chi connectivity index (χ2n) is 5.51. The van der Waals surface area contributed by atoms with Gasteiger partial charge in [0.2, 0.25) is 0 Å². The first-order valence-electron chi connectivity index (χ1n) is 6.72. The van der Waals surface area contributed by atoms with E-state index in [2.05, 4.69) is 41.8 Å². The zero-order chi connectivity index (χ0) is 14.0. The molecule has 2 aromatic heterocycles. The van der Waals surface area contributed by atoms with Crippen molar-refractivity contribution in [2.24, 2.45) is 13.0 Å². The zero-order valence-corrected chi connectivity index (χ0v) is 13.7. The van der Waals surface area contributed by atoms with E-state index in [1.807, 2.05) is 30.3 Å². The van der Waals surface area contributed by atoms with Crippen molar-refractivity contribution in [2.45, 2.75) is 40.8 Å². The summed E-state index contributed by atoms with van der Waals surface area (Å²) in [6, 6.07) is 0. The smallest absolute Gasteiger partial charge is 0.0825 e. The van der Waals surface area contributed by atoms with Crippen molar-refractivity contribution in [1.29, 1.82) is 0 Å². The van der Waals surface area contributed by atoms with Crippen molar-refractivity contribution in [3.63, 3.8) is 0 Å². The van der Waals surface area contributed by atoms with E-state index in [4.69, 9.17) is 0 Å². The quantitative estimate of drug-likeness (QED) is 0.923. The summed E-state index contributed by atoms with van der Waals surface area (Å²) in [5, 5.41) is 12.3. The van der Waals surface area contributed by atoms with Crippen LogP contribution in [0, 0.1) is 19.8 Å².